The van der Waals surface area contributed by atoms with E-state index >= 15 is 0 Å². The number of carbonyl (C=O) groups is 1. The molecule has 0 spiro atoms. The van der Waals surface area contributed by atoms with Gasteiger partial charge in [-0.05, 0) is 11.6 Å². The van der Waals surface area contributed by atoms with Crippen molar-refractivity contribution in [3.05, 3.63) is 29.8 Å². The number of rotatable bonds is 5. The molecule has 0 heterocycles. The van der Waals surface area contributed by atoms with E-state index in [1.54, 1.807) is 18.2 Å². The minimum atomic E-state index is -3.30. The van der Waals surface area contributed by atoms with Crippen LogP contribution in [0, 0.1) is 0 Å². The summed E-state index contributed by atoms with van der Waals surface area (Å²) in [6.45, 7) is 0.749. The summed E-state index contributed by atoms with van der Waals surface area (Å²) in [6.07, 6.45) is 1.17. The van der Waals surface area contributed by atoms with Gasteiger partial charge in [-0.25, -0.2) is 8.42 Å². The van der Waals surface area contributed by atoms with E-state index in [9.17, 15) is 13.2 Å². The molecule has 1 rings (SSSR count). The average Bonchev–Trinajstić information content (AvgIpc) is 2.25. The van der Waals surface area contributed by atoms with Crippen molar-refractivity contribution >= 4 is 15.7 Å². The quantitative estimate of drug-likeness (QED) is 0.757. The standard InChI is InChI=1S/C11H16N2O3S/c1-17(15,16)10-5-3-2-4-9(10)8-11(14)13-7-6-12/h2-5H,6-8,12H2,1H3,(H,13,14). The Kier molecular flexibility index (Phi) is 4.65. The van der Waals surface area contributed by atoms with Crippen LogP contribution >= 0.6 is 0 Å². The summed E-state index contributed by atoms with van der Waals surface area (Å²) >= 11 is 0. The van der Waals surface area contributed by atoms with Gasteiger partial charge in [-0.2, -0.15) is 0 Å². The minimum absolute atomic E-state index is 0.0449. The Labute approximate surface area is 101 Å². The van der Waals surface area contributed by atoms with Crippen LogP contribution in [0.5, 0.6) is 0 Å². The first kappa shape index (κ1) is 13.7. The first-order valence-electron chi connectivity index (χ1n) is 5.20. The average molecular weight is 256 g/mol. The van der Waals surface area contributed by atoms with E-state index in [2.05, 4.69) is 5.32 Å². The van der Waals surface area contributed by atoms with Crippen LogP contribution < -0.4 is 11.1 Å². The lowest BCUT2D eigenvalue weighted by atomic mass is 10.1. The van der Waals surface area contributed by atoms with Crippen LogP contribution in [-0.4, -0.2) is 33.7 Å². The maximum Gasteiger partial charge on any atom is 0.224 e. The fourth-order valence-corrected chi connectivity index (χ4v) is 2.40. The molecule has 6 heteroatoms. The van der Waals surface area contributed by atoms with Gasteiger partial charge < -0.3 is 11.1 Å². The third kappa shape index (κ3) is 4.16. The molecule has 0 bridgehead atoms. The molecular weight excluding hydrogens is 240 g/mol. The second-order valence-corrected chi connectivity index (χ2v) is 5.68. The molecule has 3 N–H and O–H groups in total. The van der Waals surface area contributed by atoms with Crippen LogP contribution in [0.4, 0.5) is 0 Å². The van der Waals surface area contributed by atoms with Gasteiger partial charge in [-0.1, -0.05) is 18.2 Å². The highest BCUT2D eigenvalue weighted by molar-refractivity contribution is 7.90. The van der Waals surface area contributed by atoms with E-state index in [-0.39, 0.29) is 17.2 Å². The van der Waals surface area contributed by atoms with Crippen LogP contribution in [0.15, 0.2) is 29.2 Å². The van der Waals surface area contributed by atoms with Gasteiger partial charge in [0.2, 0.25) is 5.91 Å². The second-order valence-electron chi connectivity index (χ2n) is 3.70. The van der Waals surface area contributed by atoms with Gasteiger partial charge in [-0.3, -0.25) is 4.79 Å². The normalized spacial score (nSPS) is 11.2. The summed E-state index contributed by atoms with van der Waals surface area (Å²) in [5.41, 5.74) is 5.76. The minimum Gasteiger partial charge on any atom is -0.355 e. The largest absolute Gasteiger partial charge is 0.355 e. The first-order valence-corrected chi connectivity index (χ1v) is 7.09. The Morgan fingerprint density at radius 1 is 1.35 bits per heavy atom. The maximum atomic E-state index is 11.5. The molecule has 0 atom stereocenters. The number of nitrogens with one attached hydrogen (secondary N) is 1. The molecule has 0 aliphatic carbocycles. The van der Waals surface area contributed by atoms with E-state index in [1.165, 1.54) is 6.07 Å². The second kappa shape index (κ2) is 5.79. The van der Waals surface area contributed by atoms with Crippen molar-refractivity contribution < 1.29 is 13.2 Å². The molecule has 0 saturated carbocycles. The number of hydrogen-bond acceptors (Lipinski definition) is 4. The van der Waals surface area contributed by atoms with Gasteiger partial charge in [0.15, 0.2) is 9.84 Å². The molecule has 1 aromatic rings. The summed E-state index contributed by atoms with van der Waals surface area (Å²) in [6, 6.07) is 6.48. The summed E-state index contributed by atoms with van der Waals surface area (Å²) in [7, 11) is -3.30. The van der Waals surface area contributed by atoms with E-state index < -0.39 is 9.84 Å². The topological polar surface area (TPSA) is 89.3 Å². The smallest absolute Gasteiger partial charge is 0.224 e. The van der Waals surface area contributed by atoms with Crippen LogP contribution in [0.25, 0.3) is 0 Å². The van der Waals surface area contributed by atoms with Gasteiger partial charge in [0.25, 0.3) is 0 Å². The zero-order valence-electron chi connectivity index (χ0n) is 9.64. The van der Waals surface area contributed by atoms with Gasteiger partial charge >= 0.3 is 0 Å². The van der Waals surface area contributed by atoms with Crippen LogP contribution in [-0.2, 0) is 21.1 Å². The Hall–Kier alpha value is -1.40. The number of nitrogens with two attached hydrogens (primary N) is 1. The molecule has 1 amide bonds. The maximum absolute atomic E-state index is 11.5. The molecule has 94 valence electrons. The van der Waals surface area contributed by atoms with Gasteiger partial charge in [0.1, 0.15) is 0 Å². The zero-order chi connectivity index (χ0) is 12.9. The van der Waals surface area contributed by atoms with Crippen molar-refractivity contribution in [3.8, 4) is 0 Å². The predicted octanol–water partition coefficient (Wildman–Crippen LogP) is -0.292. The lowest BCUT2D eigenvalue weighted by Gasteiger charge is -2.07. The molecule has 0 saturated heterocycles. The Bertz CT molecular complexity index is 497. The molecule has 17 heavy (non-hydrogen) atoms. The number of carbonyl (C=O) groups excluding carboxylic acids is 1. The summed E-state index contributed by atoms with van der Waals surface area (Å²) in [5.74, 6) is -0.230. The number of hydrogen-bond donors (Lipinski definition) is 2. The third-order valence-corrected chi connectivity index (χ3v) is 3.39. The van der Waals surface area contributed by atoms with E-state index in [0.29, 0.717) is 18.7 Å². The molecule has 1 aromatic carbocycles. The van der Waals surface area contributed by atoms with Crippen molar-refractivity contribution in [2.45, 2.75) is 11.3 Å². The van der Waals surface area contributed by atoms with Gasteiger partial charge in [0, 0.05) is 19.3 Å². The van der Waals surface area contributed by atoms with Crippen LogP contribution in [0.2, 0.25) is 0 Å². The van der Waals surface area contributed by atoms with E-state index in [4.69, 9.17) is 5.73 Å². The lowest BCUT2D eigenvalue weighted by Crippen LogP contribution is -2.30. The van der Waals surface area contributed by atoms with Crippen molar-refractivity contribution in [3.63, 3.8) is 0 Å². The molecule has 0 radical (unpaired) electrons. The summed E-state index contributed by atoms with van der Waals surface area (Å²) < 4.78 is 23.0. The van der Waals surface area contributed by atoms with Gasteiger partial charge in [0.05, 0.1) is 11.3 Å². The van der Waals surface area contributed by atoms with E-state index in [0.717, 1.165) is 6.26 Å². The highest BCUT2D eigenvalue weighted by Gasteiger charge is 2.14. The molecule has 0 aliphatic rings. The molecule has 5 nitrogen and oxygen atoms in total. The van der Waals surface area contributed by atoms with Crippen LogP contribution in [0.3, 0.4) is 0 Å². The highest BCUT2D eigenvalue weighted by atomic mass is 32.2. The van der Waals surface area contributed by atoms with Crippen molar-refractivity contribution in [1.29, 1.82) is 0 Å². The predicted molar refractivity (Wildman–Crippen MR) is 65.3 cm³/mol. The molecule has 0 unspecified atom stereocenters. The first-order chi connectivity index (χ1) is 7.95. The SMILES string of the molecule is CS(=O)(=O)c1ccccc1CC(=O)NCCN. The summed E-state index contributed by atoms with van der Waals surface area (Å²) in [5, 5.41) is 2.60. The number of benzene rings is 1. The Morgan fingerprint density at radius 3 is 2.59 bits per heavy atom. The molecule has 0 fully saturated rings. The molecule has 0 aromatic heterocycles. The zero-order valence-corrected chi connectivity index (χ0v) is 10.5. The van der Waals surface area contributed by atoms with Crippen molar-refractivity contribution in [1.82, 2.24) is 5.32 Å². The Morgan fingerprint density at radius 2 is 2.00 bits per heavy atom. The monoisotopic (exact) mass is 256 g/mol. The van der Waals surface area contributed by atoms with Crippen molar-refractivity contribution in [2.75, 3.05) is 19.3 Å². The van der Waals surface area contributed by atoms with Gasteiger partial charge in [-0.15, -0.1) is 0 Å². The number of amides is 1. The molecule has 0 aliphatic heterocycles. The fraction of sp³-hybridized carbons (Fsp3) is 0.364. The van der Waals surface area contributed by atoms with Crippen LogP contribution in [0.1, 0.15) is 5.56 Å². The Balaban J connectivity index is 2.88. The summed E-state index contributed by atoms with van der Waals surface area (Å²) in [4.78, 5) is 11.7. The fourth-order valence-electron chi connectivity index (χ4n) is 1.46. The highest BCUT2D eigenvalue weighted by Crippen LogP contribution is 2.15. The lowest BCUT2D eigenvalue weighted by molar-refractivity contribution is -0.120. The van der Waals surface area contributed by atoms with Crippen molar-refractivity contribution in [2.24, 2.45) is 5.73 Å². The molecular formula is C11H16N2O3S. The van der Waals surface area contributed by atoms with E-state index in [1.807, 2.05) is 0 Å². The number of sulfone groups is 1. The third-order valence-electron chi connectivity index (χ3n) is 2.19.